The zero-order valence-electron chi connectivity index (χ0n) is 11.9. The summed E-state index contributed by atoms with van der Waals surface area (Å²) in [5, 5.41) is 9.56. The van der Waals surface area contributed by atoms with E-state index in [1.165, 1.54) is 24.3 Å². The van der Waals surface area contributed by atoms with Crippen LogP contribution in [0.25, 0.3) is 0 Å². The molecule has 0 unspecified atom stereocenters. The van der Waals surface area contributed by atoms with E-state index in [0.717, 1.165) is 6.42 Å². The van der Waals surface area contributed by atoms with Crippen LogP contribution in [0.3, 0.4) is 0 Å². The number of thioether (sulfide) groups is 1. The van der Waals surface area contributed by atoms with E-state index < -0.39 is 0 Å². The van der Waals surface area contributed by atoms with Gasteiger partial charge in [-0.15, -0.1) is 0 Å². The highest BCUT2D eigenvalue weighted by Crippen LogP contribution is 2.24. The maximum absolute atomic E-state index is 11.9. The van der Waals surface area contributed by atoms with Crippen molar-refractivity contribution in [2.75, 3.05) is 11.1 Å². The van der Waals surface area contributed by atoms with E-state index in [-0.39, 0.29) is 29.3 Å². The van der Waals surface area contributed by atoms with Crippen molar-refractivity contribution in [2.24, 2.45) is 5.92 Å². The molecule has 0 spiro atoms. The minimum absolute atomic E-state index is 0.0625. The third-order valence-corrected chi connectivity index (χ3v) is 4.10. The van der Waals surface area contributed by atoms with Gasteiger partial charge in [0.05, 0.1) is 17.0 Å². The lowest BCUT2D eigenvalue weighted by atomic mass is 9.88. The van der Waals surface area contributed by atoms with Gasteiger partial charge in [0.25, 0.3) is 0 Å². The van der Waals surface area contributed by atoms with Gasteiger partial charge in [-0.25, -0.2) is 15.0 Å². The van der Waals surface area contributed by atoms with Gasteiger partial charge in [0.1, 0.15) is 6.33 Å². The molecule has 2 N–H and O–H groups in total. The lowest BCUT2D eigenvalue weighted by Crippen LogP contribution is -2.22. The fourth-order valence-electron chi connectivity index (χ4n) is 2.25. The molecule has 8 nitrogen and oxygen atoms in total. The average molecular weight is 318 g/mol. The molecule has 1 aliphatic rings. The van der Waals surface area contributed by atoms with E-state index in [2.05, 4.69) is 30.5 Å². The molecule has 0 aromatic carbocycles. The molecule has 0 fully saturated rings. The van der Waals surface area contributed by atoms with Crippen LogP contribution in [-0.2, 0) is 11.2 Å². The zero-order chi connectivity index (χ0) is 15.5. The number of rotatable bonds is 4. The first kappa shape index (κ1) is 14.6. The van der Waals surface area contributed by atoms with Gasteiger partial charge in [0, 0.05) is 12.6 Å². The number of hydrogen-bond donors (Lipinski definition) is 2. The van der Waals surface area contributed by atoms with Crippen molar-refractivity contribution >= 4 is 29.4 Å². The highest BCUT2D eigenvalue weighted by molar-refractivity contribution is 7.99. The van der Waals surface area contributed by atoms with Crippen molar-refractivity contribution in [3.05, 3.63) is 23.8 Å². The third-order valence-electron chi connectivity index (χ3n) is 3.23. The average Bonchev–Trinajstić information content (AvgIpc) is 2.98. The monoisotopic (exact) mass is 318 g/mol. The molecule has 2 aromatic rings. The Kier molecular flexibility index (Phi) is 4.14. The predicted molar refractivity (Wildman–Crippen MR) is 79.6 cm³/mol. The minimum atomic E-state index is -0.239. The summed E-state index contributed by atoms with van der Waals surface area (Å²) in [6, 6.07) is 0. The normalized spacial score (nSPS) is 17.1. The fraction of sp³-hybridized carbons (Fsp3) is 0.385. The zero-order valence-corrected chi connectivity index (χ0v) is 12.7. The number of carbonyl (C=O) groups is 2. The summed E-state index contributed by atoms with van der Waals surface area (Å²) in [6.45, 7) is 2.01. The molecule has 1 amide bonds. The Morgan fingerprint density at radius 2 is 2.32 bits per heavy atom. The molecule has 2 aromatic heterocycles. The largest absolute Gasteiger partial charge is 0.294 e. The van der Waals surface area contributed by atoms with Crippen LogP contribution in [0.4, 0.5) is 5.95 Å². The minimum Gasteiger partial charge on any atom is -0.294 e. The van der Waals surface area contributed by atoms with Crippen molar-refractivity contribution in [1.82, 2.24) is 25.1 Å². The standard InChI is InChI=1S/C13H14N6O2S/c1-7-2-9-8(10(20)3-7)4-14-12(17-9)18-11(21)5-22-13-15-6-16-19-13/h4,6-7H,2-3,5H2,1H3,(H,15,16,19)(H,14,17,18,21)/t7-/m0/s1. The highest BCUT2D eigenvalue weighted by atomic mass is 32.2. The van der Waals surface area contributed by atoms with E-state index in [1.807, 2.05) is 6.92 Å². The van der Waals surface area contributed by atoms with E-state index >= 15 is 0 Å². The number of aromatic amines is 1. The van der Waals surface area contributed by atoms with Crippen molar-refractivity contribution in [2.45, 2.75) is 24.9 Å². The Morgan fingerprint density at radius 1 is 1.45 bits per heavy atom. The van der Waals surface area contributed by atoms with Gasteiger partial charge < -0.3 is 0 Å². The van der Waals surface area contributed by atoms with E-state index in [4.69, 9.17) is 0 Å². The number of H-pyrrole nitrogens is 1. The van der Waals surface area contributed by atoms with E-state index in [1.54, 1.807) is 0 Å². The number of fused-ring (bicyclic) bond motifs is 1. The molecule has 22 heavy (non-hydrogen) atoms. The first-order valence-corrected chi connectivity index (χ1v) is 7.77. The summed E-state index contributed by atoms with van der Waals surface area (Å²) in [7, 11) is 0. The van der Waals surface area contributed by atoms with Crippen molar-refractivity contribution in [3.63, 3.8) is 0 Å². The molecule has 0 radical (unpaired) electrons. The van der Waals surface area contributed by atoms with Crippen LogP contribution in [0, 0.1) is 5.92 Å². The first-order valence-electron chi connectivity index (χ1n) is 6.79. The molecule has 9 heteroatoms. The molecule has 1 atom stereocenters. The molecule has 0 saturated heterocycles. The van der Waals surface area contributed by atoms with Gasteiger partial charge >= 0.3 is 0 Å². The van der Waals surface area contributed by atoms with E-state index in [0.29, 0.717) is 22.8 Å². The van der Waals surface area contributed by atoms with Crippen LogP contribution in [0.1, 0.15) is 29.4 Å². The first-order chi connectivity index (χ1) is 10.6. The molecule has 0 bridgehead atoms. The second-order valence-corrected chi connectivity index (χ2v) is 6.08. The second kappa shape index (κ2) is 6.22. The number of nitrogens with zero attached hydrogens (tertiary/aromatic N) is 4. The third kappa shape index (κ3) is 3.30. The van der Waals surface area contributed by atoms with Gasteiger partial charge in [-0.3, -0.25) is 20.0 Å². The Morgan fingerprint density at radius 3 is 3.09 bits per heavy atom. The molecule has 3 rings (SSSR count). The molecule has 1 aliphatic carbocycles. The SMILES string of the molecule is C[C@@H]1CC(=O)c2cnc(NC(=O)CSc3ncn[nH]3)nc2C1. The number of amides is 1. The maximum atomic E-state index is 11.9. The van der Waals surface area contributed by atoms with Gasteiger partial charge in [-0.2, -0.15) is 5.10 Å². The lowest BCUT2D eigenvalue weighted by molar-refractivity contribution is -0.113. The van der Waals surface area contributed by atoms with Crippen LogP contribution in [0.5, 0.6) is 0 Å². The Labute approximate surface area is 130 Å². The lowest BCUT2D eigenvalue weighted by Gasteiger charge is -2.19. The van der Waals surface area contributed by atoms with Crippen molar-refractivity contribution < 1.29 is 9.59 Å². The molecular weight excluding hydrogens is 304 g/mol. The summed E-state index contributed by atoms with van der Waals surface area (Å²) >= 11 is 1.23. The van der Waals surface area contributed by atoms with Crippen LogP contribution in [0.2, 0.25) is 0 Å². The number of aromatic nitrogens is 5. The van der Waals surface area contributed by atoms with Crippen LogP contribution in [-0.4, -0.2) is 42.6 Å². The molecule has 114 valence electrons. The second-order valence-electron chi connectivity index (χ2n) is 5.12. The molecule has 0 aliphatic heterocycles. The number of ketones is 1. The van der Waals surface area contributed by atoms with Crippen molar-refractivity contribution in [3.8, 4) is 0 Å². The van der Waals surface area contributed by atoms with E-state index in [9.17, 15) is 9.59 Å². The number of carbonyl (C=O) groups excluding carboxylic acids is 2. The number of anilines is 1. The maximum Gasteiger partial charge on any atom is 0.237 e. The highest BCUT2D eigenvalue weighted by Gasteiger charge is 2.24. The molecule has 2 heterocycles. The number of nitrogens with one attached hydrogen (secondary N) is 2. The Bertz CT molecular complexity index is 703. The van der Waals surface area contributed by atoms with Crippen LogP contribution >= 0.6 is 11.8 Å². The summed E-state index contributed by atoms with van der Waals surface area (Å²) in [5.74, 6) is 0.485. The quantitative estimate of drug-likeness (QED) is 0.811. The molecular formula is C13H14N6O2S. The fourth-order valence-corrected chi connectivity index (χ4v) is 2.83. The Balaban J connectivity index is 1.64. The number of hydrogen-bond acceptors (Lipinski definition) is 7. The molecule has 0 saturated carbocycles. The predicted octanol–water partition coefficient (Wildman–Crippen LogP) is 1.09. The number of Topliss-reactive ketones (excluding diaryl/α,β-unsaturated/α-hetero) is 1. The summed E-state index contributed by atoms with van der Waals surface area (Å²) < 4.78 is 0. The topological polar surface area (TPSA) is 114 Å². The van der Waals surface area contributed by atoms with Gasteiger partial charge in [0.2, 0.25) is 11.9 Å². The van der Waals surface area contributed by atoms with Gasteiger partial charge in [-0.1, -0.05) is 18.7 Å². The van der Waals surface area contributed by atoms with Crippen LogP contribution < -0.4 is 5.32 Å². The smallest absolute Gasteiger partial charge is 0.237 e. The van der Waals surface area contributed by atoms with Gasteiger partial charge in [0.15, 0.2) is 10.9 Å². The van der Waals surface area contributed by atoms with Gasteiger partial charge in [-0.05, 0) is 12.3 Å². The van der Waals surface area contributed by atoms with Crippen LogP contribution in [0.15, 0.2) is 17.7 Å². The summed E-state index contributed by atoms with van der Waals surface area (Å²) in [6.07, 6.45) is 4.12. The Hall–Kier alpha value is -2.29. The summed E-state index contributed by atoms with van der Waals surface area (Å²) in [5.41, 5.74) is 1.27. The van der Waals surface area contributed by atoms with Crippen molar-refractivity contribution in [1.29, 1.82) is 0 Å². The summed E-state index contributed by atoms with van der Waals surface area (Å²) in [4.78, 5) is 36.0.